The van der Waals surface area contributed by atoms with Gasteiger partial charge in [0.1, 0.15) is 12.6 Å². The molecule has 66 heavy (non-hydrogen) atoms. The third kappa shape index (κ3) is 45.2. The van der Waals surface area contributed by atoms with Crippen LogP contribution in [-0.2, 0) is 28.6 Å². The molecule has 8 nitrogen and oxygen atoms in total. The summed E-state index contributed by atoms with van der Waals surface area (Å²) in [5.74, 6) is -1.83. The van der Waals surface area contributed by atoms with Crippen molar-refractivity contribution in [2.75, 3.05) is 41.0 Å². The number of likely N-dealkylation sites (N-methyl/N-ethyl adjacent to an activating group) is 1. The van der Waals surface area contributed by atoms with Gasteiger partial charge in [0.15, 0.2) is 6.10 Å². The second kappa shape index (κ2) is 47.5. The SMILES string of the molecule is CC/C=C/C/C=C/C/C=C/C/C=C/C/C=C/C/C=C/CCCC(=O)OC(COCCC(C(=O)[O-])[N+](C)(C)C)COC(=O)CCCCCCCCCCC/C=C/C/C=C/C/C=C/CCCCC. The van der Waals surface area contributed by atoms with Crippen LogP contribution in [0.2, 0.25) is 0 Å². The molecule has 0 saturated carbocycles. The number of nitrogens with zero attached hydrogens (tertiary/aromatic N) is 1. The highest BCUT2D eigenvalue weighted by molar-refractivity contribution is 5.70. The number of aliphatic carboxylic acids is 1. The maximum Gasteiger partial charge on any atom is 0.306 e. The van der Waals surface area contributed by atoms with E-state index >= 15 is 0 Å². The molecule has 2 atom stereocenters. The highest BCUT2D eigenvalue weighted by Crippen LogP contribution is 2.13. The summed E-state index contributed by atoms with van der Waals surface area (Å²) in [5, 5.41) is 11.7. The van der Waals surface area contributed by atoms with E-state index in [0.717, 1.165) is 83.5 Å². The van der Waals surface area contributed by atoms with E-state index in [1.54, 1.807) is 21.1 Å². The number of ether oxygens (including phenoxy) is 3. The fourth-order valence-corrected chi connectivity index (χ4v) is 6.91. The van der Waals surface area contributed by atoms with Gasteiger partial charge in [-0.2, -0.15) is 0 Å². The van der Waals surface area contributed by atoms with Crippen molar-refractivity contribution in [2.45, 2.75) is 199 Å². The molecule has 0 aliphatic carbocycles. The van der Waals surface area contributed by atoms with E-state index in [1.165, 1.54) is 64.2 Å². The predicted octanol–water partition coefficient (Wildman–Crippen LogP) is 13.9. The number of carbonyl (C=O) groups is 3. The number of rotatable bonds is 45. The molecule has 0 rings (SSSR count). The molecule has 0 bridgehead atoms. The Morgan fingerprint density at radius 3 is 1.30 bits per heavy atom. The highest BCUT2D eigenvalue weighted by atomic mass is 16.6. The van der Waals surface area contributed by atoms with E-state index in [-0.39, 0.29) is 49.1 Å². The van der Waals surface area contributed by atoms with Crippen LogP contribution in [0.1, 0.15) is 187 Å². The summed E-state index contributed by atoms with van der Waals surface area (Å²) in [4.78, 5) is 37.0. The van der Waals surface area contributed by atoms with Crippen LogP contribution < -0.4 is 5.11 Å². The molecule has 0 N–H and O–H groups in total. The van der Waals surface area contributed by atoms with Crippen LogP contribution in [-0.4, -0.2) is 75.5 Å². The number of carboxylic acid groups (broad SMARTS) is 1. The van der Waals surface area contributed by atoms with Crippen molar-refractivity contribution >= 4 is 17.9 Å². The first-order valence-electron chi connectivity index (χ1n) is 25.9. The molecule has 374 valence electrons. The second-order valence-corrected chi connectivity index (χ2v) is 18.0. The third-order valence-corrected chi connectivity index (χ3v) is 10.9. The standard InChI is InChI=1S/C58H95NO7/c1-6-8-10-12-14-16-18-20-22-24-26-28-29-31-32-34-36-38-40-42-44-46-48-56(60)65-53-54(52-64-51-50-55(58(62)63)59(3,4)5)66-57(61)49-47-45-43-41-39-37-35-33-30-27-25-23-21-19-17-15-13-11-9-7-2/h9,11,14-17,20-23,26-28,30,35,37,41,43,54-55H,6-8,10,12-13,18-19,24-25,29,31-34,36,38-40,42,44-53H2,1-5H3/b11-9+,16-14+,17-15+,22-20+,23-21+,28-26+,30-27+,37-35+,43-41+. The molecular weight excluding hydrogens is 823 g/mol. The maximum atomic E-state index is 12.8. The Hall–Kier alpha value is -4.01. The number of carbonyl (C=O) groups excluding carboxylic acids is 3. The van der Waals surface area contributed by atoms with Gasteiger partial charge in [-0.3, -0.25) is 9.59 Å². The van der Waals surface area contributed by atoms with Gasteiger partial charge in [-0.15, -0.1) is 0 Å². The molecule has 0 aromatic rings. The van der Waals surface area contributed by atoms with Gasteiger partial charge in [-0.25, -0.2) is 0 Å². The molecule has 0 radical (unpaired) electrons. The molecule has 0 aliphatic rings. The lowest BCUT2D eigenvalue weighted by atomic mass is 10.1. The fraction of sp³-hybridized carbons (Fsp3) is 0.638. The Labute approximate surface area is 404 Å². The summed E-state index contributed by atoms with van der Waals surface area (Å²) < 4.78 is 17.2. The Morgan fingerprint density at radius 1 is 0.470 bits per heavy atom. The lowest BCUT2D eigenvalue weighted by molar-refractivity contribution is -0.889. The number of esters is 2. The Morgan fingerprint density at radius 2 is 0.864 bits per heavy atom. The summed E-state index contributed by atoms with van der Waals surface area (Å²) >= 11 is 0. The van der Waals surface area contributed by atoms with E-state index in [4.69, 9.17) is 14.2 Å². The van der Waals surface area contributed by atoms with E-state index in [9.17, 15) is 19.5 Å². The zero-order valence-electron chi connectivity index (χ0n) is 42.6. The van der Waals surface area contributed by atoms with Gasteiger partial charge >= 0.3 is 11.9 Å². The van der Waals surface area contributed by atoms with Crippen molar-refractivity contribution in [3.8, 4) is 0 Å². The predicted molar refractivity (Wildman–Crippen MR) is 277 cm³/mol. The smallest absolute Gasteiger partial charge is 0.306 e. The van der Waals surface area contributed by atoms with Crippen LogP contribution in [0, 0.1) is 0 Å². The normalized spacial score (nSPS) is 13.8. The highest BCUT2D eigenvalue weighted by Gasteiger charge is 2.25. The topological polar surface area (TPSA) is 102 Å². The van der Waals surface area contributed by atoms with Crippen LogP contribution in [0.15, 0.2) is 109 Å². The number of hydrogen-bond donors (Lipinski definition) is 0. The number of quaternary nitrogens is 1. The van der Waals surface area contributed by atoms with E-state index in [0.29, 0.717) is 12.8 Å². The summed E-state index contributed by atoms with van der Waals surface area (Å²) in [6.45, 7) is 4.45. The zero-order chi connectivity index (χ0) is 48.4. The molecule has 8 heteroatoms. The number of unbranched alkanes of at least 4 members (excludes halogenated alkanes) is 13. The van der Waals surface area contributed by atoms with Gasteiger partial charge in [0.05, 0.1) is 40.3 Å². The molecule has 0 aromatic heterocycles. The van der Waals surface area contributed by atoms with Gasteiger partial charge < -0.3 is 28.6 Å². The van der Waals surface area contributed by atoms with E-state index in [2.05, 4.69) is 123 Å². The maximum absolute atomic E-state index is 12.8. The summed E-state index contributed by atoms with van der Waals surface area (Å²) in [7, 11) is 5.38. The molecule has 0 spiro atoms. The van der Waals surface area contributed by atoms with Gasteiger partial charge in [-0.1, -0.05) is 181 Å². The zero-order valence-corrected chi connectivity index (χ0v) is 42.6. The first-order valence-corrected chi connectivity index (χ1v) is 25.9. The average Bonchev–Trinajstić information content (AvgIpc) is 3.28. The first kappa shape index (κ1) is 62.0. The molecule has 0 fully saturated rings. The first-order chi connectivity index (χ1) is 32.1. The minimum atomic E-state index is -1.14. The quantitative estimate of drug-likeness (QED) is 0.0259. The average molecular weight is 918 g/mol. The largest absolute Gasteiger partial charge is 0.544 e. The number of allylic oxidation sites excluding steroid dienone is 18. The van der Waals surface area contributed by atoms with Crippen molar-refractivity contribution in [1.82, 2.24) is 0 Å². The van der Waals surface area contributed by atoms with E-state index in [1.807, 2.05) is 0 Å². The molecule has 0 heterocycles. The van der Waals surface area contributed by atoms with Crippen LogP contribution in [0.5, 0.6) is 0 Å². The van der Waals surface area contributed by atoms with Crippen LogP contribution >= 0.6 is 0 Å². The van der Waals surface area contributed by atoms with Crippen molar-refractivity contribution in [1.29, 1.82) is 0 Å². The van der Waals surface area contributed by atoms with E-state index < -0.39 is 18.1 Å². The Balaban J connectivity index is 4.37. The lowest BCUT2D eigenvalue weighted by Crippen LogP contribution is -2.55. The monoisotopic (exact) mass is 918 g/mol. The van der Waals surface area contributed by atoms with Crippen LogP contribution in [0.3, 0.4) is 0 Å². The molecule has 0 aromatic carbocycles. The van der Waals surface area contributed by atoms with Gasteiger partial charge in [0.2, 0.25) is 0 Å². The minimum absolute atomic E-state index is 0.00888. The third-order valence-electron chi connectivity index (χ3n) is 10.9. The number of hydrogen-bond acceptors (Lipinski definition) is 7. The van der Waals surface area contributed by atoms with Crippen LogP contribution in [0.4, 0.5) is 0 Å². The van der Waals surface area contributed by atoms with Crippen molar-refractivity contribution in [3.05, 3.63) is 109 Å². The lowest BCUT2D eigenvalue weighted by Gasteiger charge is -2.34. The minimum Gasteiger partial charge on any atom is -0.544 e. The molecule has 0 saturated heterocycles. The fourth-order valence-electron chi connectivity index (χ4n) is 6.91. The van der Waals surface area contributed by atoms with Crippen molar-refractivity contribution < 1.29 is 38.2 Å². The van der Waals surface area contributed by atoms with Gasteiger partial charge in [0.25, 0.3) is 0 Å². The summed E-state index contributed by atoms with van der Waals surface area (Å²) in [5.41, 5.74) is 0. The van der Waals surface area contributed by atoms with Gasteiger partial charge in [-0.05, 0) is 96.3 Å². The van der Waals surface area contributed by atoms with Crippen LogP contribution in [0.25, 0.3) is 0 Å². The summed E-state index contributed by atoms with van der Waals surface area (Å²) in [6.07, 6.45) is 65.5. The second-order valence-electron chi connectivity index (χ2n) is 18.0. The molecule has 2 unspecified atom stereocenters. The van der Waals surface area contributed by atoms with Gasteiger partial charge in [0, 0.05) is 19.3 Å². The summed E-state index contributed by atoms with van der Waals surface area (Å²) in [6, 6.07) is -0.744. The number of carboxylic acids is 1. The molecule has 0 aliphatic heterocycles. The van der Waals surface area contributed by atoms with Crippen molar-refractivity contribution in [3.63, 3.8) is 0 Å². The molecule has 0 amide bonds. The van der Waals surface area contributed by atoms with Crippen molar-refractivity contribution in [2.24, 2.45) is 0 Å². The Bertz CT molecular complexity index is 1440. The molecular formula is C58H95NO7. The Kier molecular flexibility index (Phi) is 44.6.